The molecule has 3 atom stereocenters. The average Bonchev–Trinajstić information content (AvgIpc) is 3.20. The Bertz CT molecular complexity index is 1070. The van der Waals surface area contributed by atoms with Gasteiger partial charge < -0.3 is 18.9 Å². The van der Waals surface area contributed by atoms with Crippen molar-refractivity contribution in [3.05, 3.63) is 77.9 Å². The van der Waals surface area contributed by atoms with E-state index in [2.05, 4.69) is 6.58 Å². The molecule has 0 spiro atoms. The third-order valence-electron chi connectivity index (χ3n) is 5.58. The highest BCUT2D eigenvalue weighted by molar-refractivity contribution is 5.91. The summed E-state index contributed by atoms with van der Waals surface area (Å²) < 4.78 is 21.9. The van der Waals surface area contributed by atoms with Gasteiger partial charge >= 0.3 is 17.9 Å². The molecule has 0 amide bonds. The van der Waals surface area contributed by atoms with Gasteiger partial charge in [0.2, 0.25) is 0 Å². The van der Waals surface area contributed by atoms with Crippen molar-refractivity contribution in [3.63, 3.8) is 0 Å². The van der Waals surface area contributed by atoms with Crippen LogP contribution >= 0.6 is 0 Å². The quantitative estimate of drug-likeness (QED) is 0.260. The van der Waals surface area contributed by atoms with Crippen LogP contribution in [0.3, 0.4) is 0 Å². The first-order chi connectivity index (χ1) is 16.8. The van der Waals surface area contributed by atoms with Crippen LogP contribution in [0.15, 0.2) is 66.8 Å². The minimum atomic E-state index is -0.509. The van der Waals surface area contributed by atoms with E-state index < -0.39 is 11.9 Å². The first kappa shape index (κ1) is 25.7. The Morgan fingerprint density at radius 3 is 2.29 bits per heavy atom. The molecule has 1 aliphatic heterocycles. The predicted octanol–water partition coefficient (Wildman–Crippen LogP) is 5.29. The van der Waals surface area contributed by atoms with Crippen molar-refractivity contribution in [2.75, 3.05) is 0 Å². The molecule has 1 heterocycles. The second kappa shape index (κ2) is 12.0. The maximum Gasteiger partial charge on any atom is 0.343 e. The summed E-state index contributed by atoms with van der Waals surface area (Å²) in [4.78, 5) is 35.8. The van der Waals surface area contributed by atoms with Gasteiger partial charge in [0.1, 0.15) is 23.7 Å². The van der Waals surface area contributed by atoms with E-state index in [1.54, 1.807) is 54.6 Å². The van der Waals surface area contributed by atoms with Gasteiger partial charge in [-0.3, -0.25) is 0 Å². The number of esters is 3. The lowest BCUT2D eigenvalue weighted by atomic mass is 10.1. The maximum atomic E-state index is 12.5. The molecule has 0 saturated carbocycles. The van der Waals surface area contributed by atoms with Gasteiger partial charge in [0.15, 0.2) is 0 Å². The summed E-state index contributed by atoms with van der Waals surface area (Å²) in [6.45, 7) is 9.43. The minimum absolute atomic E-state index is 0.130. The minimum Gasteiger partial charge on any atom is -0.487 e. The maximum absolute atomic E-state index is 12.5. The summed E-state index contributed by atoms with van der Waals surface area (Å²) in [5, 5.41) is 0. The third-order valence-corrected chi connectivity index (χ3v) is 5.58. The Morgan fingerprint density at radius 2 is 1.71 bits per heavy atom. The van der Waals surface area contributed by atoms with Crippen molar-refractivity contribution >= 4 is 24.0 Å². The first-order valence-electron chi connectivity index (χ1n) is 11.7. The van der Waals surface area contributed by atoms with Crippen molar-refractivity contribution in [2.24, 2.45) is 0 Å². The zero-order valence-corrected chi connectivity index (χ0v) is 20.2. The lowest BCUT2D eigenvalue weighted by Crippen LogP contribution is -2.31. The molecule has 7 heteroatoms. The normalized spacial score (nSPS) is 17.1. The number of carbonyl (C=O) groups excluding carboxylic acids is 3. The summed E-state index contributed by atoms with van der Waals surface area (Å²) in [7, 11) is 0. The Morgan fingerprint density at radius 1 is 1.06 bits per heavy atom. The molecule has 1 fully saturated rings. The van der Waals surface area contributed by atoms with Gasteiger partial charge in [0.05, 0.1) is 11.7 Å². The first-order valence-corrected chi connectivity index (χ1v) is 11.7. The fourth-order valence-corrected chi connectivity index (χ4v) is 3.36. The molecular formula is C28H30O7. The van der Waals surface area contributed by atoms with Crippen LogP contribution in [-0.2, 0) is 19.1 Å². The second-order valence-electron chi connectivity index (χ2n) is 8.29. The second-order valence-corrected chi connectivity index (χ2v) is 8.29. The van der Waals surface area contributed by atoms with Crippen LogP contribution in [0.4, 0.5) is 0 Å². The summed E-state index contributed by atoms with van der Waals surface area (Å²) >= 11 is 0. The van der Waals surface area contributed by atoms with E-state index in [0.29, 0.717) is 35.5 Å². The molecule has 184 valence electrons. The average molecular weight is 479 g/mol. The van der Waals surface area contributed by atoms with Gasteiger partial charge in [-0.05, 0) is 67.8 Å². The monoisotopic (exact) mass is 478 g/mol. The summed E-state index contributed by atoms with van der Waals surface area (Å²) in [5.74, 6) is -0.357. The van der Waals surface area contributed by atoms with Crippen LogP contribution in [0, 0.1) is 0 Å². The number of carbonyl (C=O) groups is 3. The van der Waals surface area contributed by atoms with Crippen molar-refractivity contribution in [3.8, 4) is 11.5 Å². The van der Waals surface area contributed by atoms with E-state index >= 15 is 0 Å². The van der Waals surface area contributed by atoms with Crippen LogP contribution in [0.25, 0.3) is 6.08 Å². The number of benzene rings is 2. The molecule has 0 radical (unpaired) electrons. The number of hydrogen-bond donors (Lipinski definition) is 0. The molecule has 2 aromatic rings. The molecule has 1 aliphatic rings. The molecule has 2 aromatic carbocycles. The third kappa shape index (κ3) is 7.30. The Labute approximate surface area is 205 Å². The van der Waals surface area contributed by atoms with Crippen LogP contribution in [0.1, 0.15) is 56.0 Å². The van der Waals surface area contributed by atoms with Crippen LogP contribution in [0.2, 0.25) is 0 Å². The predicted molar refractivity (Wildman–Crippen MR) is 131 cm³/mol. The van der Waals surface area contributed by atoms with Crippen molar-refractivity contribution in [1.29, 1.82) is 0 Å². The Balaban J connectivity index is 1.54. The number of rotatable bonds is 10. The molecular weight excluding hydrogens is 448 g/mol. The number of ether oxygens (including phenoxy) is 4. The van der Waals surface area contributed by atoms with Gasteiger partial charge in [-0.25, -0.2) is 14.4 Å². The van der Waals surface area contributed by atoms with Gasteiger partial charge in [0, 0.05) is 18.1 Å². The Kier molecular flexibility index (Phi) is 8.84. The van der Waals surface area contributed by atoms with E-state index in [1.807, 2.05) is 20.8 Å². The lowest BCUT2D eigenvalue weighted by Gasteiger charge is -2.22. The highest BCUT2D eigenvalue weighted by Gasteiger charge is 2.34. The van der Waals surface area contributed by atoms with E-state index in [0.717, 1.165) is 12.0 Å². The highest BCUT2D eigenvalue weighted by Crippen LogP contribution is 2.26. The SMILES string of the molecule is C=C1CC(C(CC)Oc2ccc(C(=O)Oc3ccc(/C=C/C(=O)OC(C)CC)cc3)cc2)OC1=O. The van der Waals surface area contributed by atoms with Crippen LogP contribution in [-0.4, -0.2) is 36.2 Å². The molecule has 3 rings (SSSR count). The van der Waals surface area contributed by atoms with Gasteiger partial charge in [-0.15, -0.1) is 0 Å². The standard InChI is InChI=1S/C28H30O7/c1-5-19(4)32-26(29)16-9-20-7-12-23(13-8-20)34-28(31)21-10-14-22(15-11-21)33-24(6-2)25-17-18(3)27(30)35-25/h7-16,19,24-25H,3,5-6,17H2,1-2,4H3/b16-9+. The van der Waals surface area contributed by atoms with Crippen LogP contribution in [0.5, 0.6) is 11.5 Å². The number of hydrogen-bond acceptors (Lipinski definition) is 7. The molecule has 0 aliphatic carbocycles. The van der Waals surface area contributed by atoms with Crippen molar-refractivity contribution in [2.45, 2.75) is 58.3 Å². The molecule has 0 aromatic heterocycles. The molecule has 0 bridgehead atoms. The fraction of sp³-hybridized carbons (Fsp3) is 0.321. The van der Waals surface area contributed by atoms with E-state index in [9.17, 15) is 14.4 Å². The lowest BCUT2D eigenvalue weighted by molar-refractivity contribution is -0.143. The van der Waals surface area contributed by atoms with Gasteiger partial charge in [0.25, 0.3) is 0 Å². The summed E-state index contributed by atoms with van der Waals surface area (Å²) in [6.07, 6.45) is 4.05. The highest BCUT2D eigenvalue weighted by atomic mass is 16.6. The van der Waals surface area contributed by atoms with Gasteiger partial charge in [-0.2, -0.15) is 0 Å². The van der Waals surface area contributed by atoms with E-state index in [-0.39, 0.29) is 24.3 Å². The van der Waals surface area contributed by atoms with Crippen molar-refractivity contribution < 1.29 is 33.3 Å². The summed E-state index contributed by atoms with van der Waals surface area (Å²) in [6, 6.07) is 13.4. The van der Waals surface area contributed by atoms with Gasteiger partial charge in [-0.1, -0.05) is 32.6 Å². The smallest absolute Gasteiger partial charge is 0.343 e. The zero-order valence-electron chi connectivity index (χ0n) is 20.2. The van der Waals surface area contributed by atoms with Crippen molar-refractivity contribution in [1.82, 2.24) is 0 Å². The van der Waals surface area contributed by atoms with E-state index in [4.69, 9.17) is 18.9 Å². The number of cyclic esters (lactones) is 1. The fourth-order valence-electron chi connectivity index (χ4n) is 3.36. The molecule has 7 nitrogen and oxygen atoms in total. The van der Waals surface area contributed by atoms with Crippen LogP contribution < -0.4 is 9.47 Å². The molecule has 0 N–H and O–H groups in total. The Hall–Kier alpha value is -3.87. The largest absolute Gasteiger partial charge is 0.487 e. The zero-order chi connectivity index (χ0) is 25.4. The molecule has 3 unspecified atom stereocenters. The molecule has 1 saturated heterocycles. The summed E-state index contributed by atoms with van der Waals surface area (Å²) in [5.41, 5.74) is 1.58. The molecule has 35 heavy (non-hydrogen) atoms. The van der Waals surface area contributed by atoms with E-state index in [1.165, 1.54) is 6.08 Å². The topological polar surface area (TPSA) is 88.1 Å².